The summed E-state index contributed by atoms with van der Waals surface area (Å²) in [5, 5.41) is 0. The van der Waals surface area contributed by atoms with Gasteiger partial charge in [-0.3, -0.25) is 9.52 Å². The number of sulfonamides is 1. The SMILES string of the molecule is COc1cccc(NS(=O)(=O)c2ccc(CC(=O)N3CCCC3)s2)c1. The van der Waals surface area contributed by atoms with Gasteiger partial charge in [-0.2, -0.15) is 0 Å². The maximum atomic E-state index is 12.5. The van der Waals surface area contributed by atoms with Crippen molar-refractivity contribution in [3.8, 4) is 5.75 Å². The van der Waals surface area contributed by atoms with E-state index in [0.717, 1.165) is 42.1 Å². The predicted octanol–water partition coefficient (Wildman–Crippen LogP) is 2.72. The molecule has 0 radical (unpaired) electrons. The minimum Gasteiger partial charge on any atom is -0.497 e. The molecule has 3 rings (SSSR count). The number of nitrogens with one attached hydrogen (secondary N) is 1. The number of methoxy groups -OCH3 is 1. The molecule has 1 aliphatic rings. The lowest BCUT2D eigenvalue weighted by Crippen LogP contribution is -2.28. The number of likely N-dealkylation sites (tertiary alicyclic amines) is 1. The summed E-state index contributed by atoms with van der Waals surface area (Å²) in [5.74, 6) is 0.632. The summed E-state index contributed by atoms with van der Waals surface area (Å²) in [5.41, 5.74) is 0.433. The number of benzene rings is 1. The second kappa shape index (κ2) is 7.45. The van der Waals surface area contributed by atoms with Crippen LogP contribution in [0.15, 0.2) is 40.6 Å². The van der Waals surface area contributed by atoms with Gasteiger partial charge in [0.2, 0.25) is 5.91 Å². The molecule has 0 unspecified atom stereocenters. The van der Waals surface area contributed by atoms with Gasteiger partial charge in [-0.1, -0.05) is 6.07 Å². The fraction of sp³-hybridized carbons (Fsp3) is 0.353. The first-order chi connectivity index (χ1) is 12.0. The van der Waals surface area contributed by atoms with Crippen molar-refractivity contribution in [2.24, 2.45) is 0 Å². The van der Waals surface area contributed by atoms with Crippen LogP contribution in [0.2, 0.25) is 0 Å². The van der Waals surface area contributed by atoms with Gasteiger partial charge in [0, 0.05) is 24.0 Å². The van der Waals surface area contributed by atoms with Crippen molar-refractivity contribution in [1.29, 1.82) is 0 Å². The Hall–Kier alpha value is -2.06. The van der Waals surface area contributed by atoms with Crippen LogP contribution in [0.5, 0.6) is 5.75 Å². The van der Waals surface area contributed by atoms with E-state index in [1.807, 2.05) is 4.90 Å². The number of rotatable bonds is 6. The van der Waals surface area contributed by atoms with E-state index in [1.54, 1.807) is 36.4 Å². The standard InChI is InChI=1S/C17H20N2O4S2/c1-23-14-6-4-5-13(11-14)18-25(21,22)17-8-7-15(24-17)12-16(20)19-9-2-3-10-19/h4-8,11,18H,2-3,9-10,12H2,1H3. The predicted molar refractivity (Wildman–Crippen MR) is 97.6 cm³/mol. The Bertz CT molecular complexity index is 855. The van der Waals surface area contributed by atoms with E-state index in [4.69, 9.17) is 4.74 Å². The van der Waals surface area contributed by atoms with Crippen molar-refractivity contribution in [3.05, 3.63) is 41.3 Å². The molecular formula is C17H20N2O4S2. The molecule has 1 aromatic carbocycles. The molecule has 0 saturated carbocycles. The number of carbonyl (C=O) groups excluding carboxylic acids is 1. The quantitative estimate of drug-likeness (QED) is 0.836. The van der Waals surface area contributed by atoms with E-state index in [1.165, 1.54) is 7.11 Å². The second-order valence-corrected chi connectivity index (χ2v) is 8.90. The molecule has 0 aliphatic carbocycles. The molecule has 1 N–H and O–H groups in total. The normalized spacial score (nSPS) is 14.5. The number of anilines is 1. The van der Waals surface area contributed by atoms with Gasteiger partial charge in [0.1, 0.15) is 9.96 Å². The Kier molecular flexibility index (Phi) is 5.29. The molecule has 1 aliphatic heterocycles. The van der Waals surface area contributed by atoms with E-state index >= 15 is 0 Å². The number of nitrogens with zero attached hydrogens (tertiary/aromatic N) is 1. The average Bonchev–Trinajstić information content (AvgIpc) is 3.26. The highest BCUT2D eigenvalue weighted by molar-refractivity contribution is 7.94. The molecule has 1 saturated heterocycles. The van der Waals surface area contributed by atoms with Crippen molar-refractivity contribution in [2.45, 2.75) is 23.5 Å². The van der Waals surface area contributed by atoms with Gasteiger partial charge in [0.25, 0.3) is 10.0 Å². The molecule has 2 aromatic rings. The van der Waals surface area contributed by atoms with E-state index in [2.05, 4.69) is 4.72 Å². The van der Waals surface area contributed by atoms with Gasteiger partial charge in [-0.25, -0.2) is 8.42 Å². The zero-order valence-corrected chi connectivity index (χ0v) is 15.5. The van der Waals surface area contributed by atoms with E-state index in [9.17, 15) is 13.2 Å². The zero-order chi connectivity index (χ0) is 17.9. The second-order valence-electron chi connectivity index (χ2n) is 5.82. The van der Waals surface area contributed by atoms with Crippen LogP contribution < -0.4 is 9.46 Å². The third-order valence-electron chi connectivity index (χ3n) is 4.01. The van der Waals surface area contributed by atoms with Gasteiger partial charge < -0.3 is 9.64 Å². The summed E-state index contributed by atoms with van der Waals surface area (Å²) in [4.78, 5) is 14.8. The van der Waals surface area contributed by atoms with Crippen LogP contribution >= 0.6 is 11.3 Å². The van der Waals surface area contributed by atoms with Crippen LogP contribution in [0.4, 0.5) is 5.69 Å². The summed E-state index contributed by atoms with van der Waals surface area (Å²) in [6.45, 7) is 1.60. The van der Waals surface area contributed by atoms with Gasteiger partial charge in [-0.15, -0.1) is 11.3 Å². The summed E-state index contributed by atoms with van der Waals surface area (Å²) in [6, 6.07) is 9.98. The van der Waals surface area contributed by atoms with E-state index in [-0.39, 0.29) is 16.5 Å². The average molecular weight is 380 g/mol. The third kappa shape index (κ3) is 4.32. The lowest BCUT2D eigenvalue weighted by atomic mass is 10.3. The van der Waals surface area contributed by atoms with Gasteiger partial charge in [-0.05, 0) is 37.1 Å². The third-order valence-corrected chi connectivity index (χ3v) is 6.97. The number of carbonyl (C=O) groups is 1. The molecular weight excluding hydrogens is 360 g/mol. The highest BCUT2D eigenvalue weighted by Gasteiger charge is 2.21. The highest BCUT2D eigenvalue weighted by Crippen LogP contribution is 2.26. The summed E-state index contributed by atoms with van der Waals surface area (Å²) in [6.07, 6.45) is 2.33. The molecule has 134 valence electrons. The Balaban J connectivity index is 1.70. The topological polar surface area (TPSA) is 75.7 Å². The van der Waals surface area contributed by atoms with Gasteiger partial charge in [0.15, 0.2) is 0 Å². The number of hydrogen-bond donors (Lipinski definition) is 1. The summed E-state index contributed by atoms with van der Waals surface area (Å²) < 4.78 is 32.9. The molecule has 0 bridgehead atoms. The maximum absolute atomic E-state index is 12.5. The van der Waals surface area contributed by atoms with Crippen molar-refractivity contribution in [3.63, 3.8) is 0 Å². The number of amides is 1. The molecule has 8 heteroatoms. The van der Waals surface area contributed by atoms with E-state index < -0.39 is 10.0 Å². The fourth-order valence-corrected chi connectivity index (χ4v) is 5.11. The smallest absolute Gasteiger partial charge is 0.271 e. The minimum atomic E-state index is -3.68. The molecule has 1 aromatic heterocycles. The summed E-state index contributed by atoms with van der Waals surface area (Å²) >= 11 is 1.13. The Morgan fingerprint density at radius 3 is 2.72 bits per heavy atom. The van der Waals surface area contributed by atoms with Crippen LogP contribution in [-0.2, 0) is 21.2 Å². The fourth-order valence-electron chi connectivity index (χ4n) is 2.72. The van der Waals surface area contributed by atoms with Crippen molar-refractivity contribution in [1.82, 2.24) is 4.90 Å². The first-order valence-electron chi connectivity index (χ1n) is 8.01. The molecule has 0 atom stereocenters. The number of thiophene rings is 1. The minimum absolute atomic E-state index is 0.0593. The molecule has 1 fully saturated rings. The number of hydrogen-bond acceptors (Lipinski definition) is 5. The Morgan fingerprint density at radius 1 is 1.24 bits per heavy atom. The molecule has 6 nitrogen and oxygen atoms in total. The largest absolute Gasteiger partial charge is 0.497 e. The Morgan fingerprint density at radius 2 is 2.00 bits per heavy atom. The maximum Gasteiger partial charge on any atom is 0.271 e. The molecule has 0 spiro atoms. The monoisotopic (exact) mass is 380 g/mol. The first-order valence-corrected chi connectivity index (χ1v) is 10.3. The molecule has 1 amide bonds. The van der Waals surface area contributed by atoms with E-state index in [0.29, 0.717) is 11.4 Å². The van der Waals surface area contributed by atoms with Crippen molar-refractivity contribution >= 4 is 33.0 Å². The van der Waals surface area contributed by atoms with Crippen LogP contribution in [0.3, 0.4) is 0 Å². The lowest BCUT2D eigenvalue weighted by Gasteiger charge is -2.14. The van der Waals surface area contributed by atoms with Crippen LogP contribution in [-0.4, -0.2) is 39.4 Å². The van der Waals surface area contributed by atoms with Crippen LogP contribution in [0.1, 0.15) is 17.7 Å². The zero-order valence-electron chi connectivity index (χ0n) is 13.9. The van der Waals surface area contributed by atoms with Gasteiger partial charge in [0.05, 0.1) is 19.2 Å². The van der Waals surface area contributed by atoms with Crippen molar-refractivity contribution < 1.29 is 17.9 Å². The van der Waals surface area contributed by atoms with Crippen molar-refractivity contribution in [2.75, 3.05) is 24.9 Å². The van der Waals surface area contributed by atoms with Crippen LogP contribution in [0, 0.1) is 0 Å². The molecule has 2 heterocycles. The van der Waals surface area contributed by atoms with Gasteiger partial charge >= 0.3 is 0 Å². The lowest BCUT2D eigenvalue weighted by molar-refractivity contribution is -0.129. The number of ether oxygens (including phenoxy) is 1. The first kappa shape index (κ1) is 17.8. The summed E-state index contributed by atoms with van der Waals surface area (Å²) in [7, 11) is -2.16. The van der Waals surface area contributed by atoms with Crippen LogP contribution in [0.25, 0.3) is 0 Å². The highest BCUT2D eigenvalue weighted by atomic mass is 32.2. The Labute approximate surface area is 151 Å². The molecule has 25 heavy (non-hydrogen) atoms.